The van der Waals surface area contributed by atoms with Gasteiger partial charge in [0, 0.05) is 18.0 Å². The summed E-state index contributed by atoms with van der Waals surface area (Å²) in [6.07, 6.45) is 0.701. The number of aromatic nitrogens is 2. The van der Waals surface area contributed by atoms with Crippen molar-refractivity contribution >= 4 is 23.1 Å². The Labute approximate surface area is 149 Å². The first-order valence-corrected chi connectivity index (χ1v) is 8.15. The van der Waals surface area contributed by atoms with Gasteiger partial charge in [0.15, 0.2) is 16.3 Å². The minimum absolute atomic E-state index is 0.238. The fraction of sp³-hybridized carbons (Fsp3) is 0.222. The third-order valence-electron chi connectivity index (χ3n) is 4.10. The number of aromatic amines is 1. The maximum Gasteiger partial charge on any atom is 0.179 e. The number of aryl methyl sites for hydroxylation is 1. The predicted octanol–water partition coefficient (Wildman–Crippen LogP) is 3.14. The van der Waals surface area contributed by atoms with E-state index in [2.05, 4.69) is 4.98 Å². The van der Waals surface area contributed by atoms with Crippen molar-refractivity contribution in [2.45, 2.75) is 13.0 Å². The largest absolute Gasteiger partial charge is 0.508 e. The van der Waals surface area contributed by atoms with Crippen LogP contribution in [0.5, 0.6) is 17.2 Å². The van der Waals surface area contributed by atoms with Crippen LogP contribution >= 0.6 is 12.2 Å². The van der Waals surface area contributed by atoms with Crippen LogP contribution in [0.3, 0.4) is 0 Å². The van der Waals surface area contributed by atoms with E-state index in [-0.39, 0.29) is 5.75 Å². The van der Waals surface area contributed by atoms with Gasteiger partial charge in [-0.1, -0.05) is 12.1 Å². The number of nitrogens with zero attached hydrogens (tertiary/aromatic N) is 1. The summed E-state index contributed by atoms with van der Waals surface area (Å²) < 4.78 is 12.9. The van der Waals surface area contributed by atoms with E-state index in [4.69, 9.17) is 27.1 Å². The van der Waals surface area contributed by atoms with Crippen molar-refractivity contribution < 1.29 is 14.6 Å². The number of H-pyrrole nitrogens is 1. The van der Waals surface area contributed by atoms with E-state index in [0.29, 0.717) is 40.1 Å². The molecule has 7 heteroatoms. The van der Waals surface area contributed by atoms with E-state index in [1.165, 1.54) is 0 Å². The lowest BCUT2D eigenvalue weighted by atomic mass is 10.1. The number of rotatable bonds is 5. The summed E-state index contributed by atoms with van der Waals surface area (Å²) in [5.41, 5.74) is 2.11. The second kappa shape index (κ2) is 6.98. The molecule has 0 amide bonds. The molecule has 0 bridgehead atoms. The molecule has 0 spiro atoms. The second-order valence-electron chi connectivity index (χ2n) is 5.60. The van der Waals surface area contributed by atoms with Gasteiger partial charge < -0.3 is 24.1 Å². The maximum absolute atomic E-state index is 9.36. The summed E-state index contributed by atoms with van der Waals surface area (Å²) >= 11 is 5.42. The lowest BCUT2D eigenvalue weighted by molar-refractivity contribution is 0.355. The predicted molar refractivity (Wildman–Crippen MR) is 97.9 cm³/mol. The maximum atomic E-state index is 9.36. The van der Waals surface area contributed by atoms with Gasteiger partial charge in [-0.25, -0.2) is 0 Å². The summed E-state index contributed by atoms with van der Waals surface area (Å²) in [5, 5.41) is 18.6. The van der Waals surface area contributed by atoms with Gasteiger partial charge in [-0.15, -0.1) is 0 Å². The topological polar surface area (TPSA) is 83.3 Å². The van der Waals surface area contributed by atoms with Crippen molar-refractivity contribution in [3.63, 3.8) is 0 Å². The third kappa shape index (κ3) is 3.36. The van der Waals surface area contributed by atoms with E-state index in [1.807, 2.05) is 12.1 Å². The van der Waals surface area contributed by atoms with Crippen LogP contribution in [0.2, 0.25) is 0 Å². The fourth-order valence-electron chi connectivity index (χ4n) is 2.72. The summed E-state index contributed by atoms with van der Waals surface area (Å²) in [6, 6.07) is 10.6. The normalized spacial score (nSPS) is 10.8. The van der Waals surface area contributed by atoms with E-state index < -0.39 is 0 Å². The Bertz CT molecular complexity index is 1020. The zero-order chi connectivity index (χ0) is 18.0. The van der Waals surface area contributed by atoms with Gasteiger partial charge in [0.25, 0.3) is 0 Å². The fourth-order valence-corrected chi connectivity index (χ4v) is 3.02. The molecule has 0 atom stereocenters. The number of hydrogen-bond donors (Lipinski definition) is 3. The Hall–Kier alpha value is -2.80. The van der Waals surface area contributed by atoms with Crippen LogP contribution in [-0.4, -0.2) is 28.9 Å². The van der Waals surface area contributed by atoms with Crippen molar-refractivity contribution in [1.29, 1.82) is 5.41 Å². The van der Waals surface area contributed by atoms with Crippen LogP contribution in [-0.2, 0) is 13.0 Å². The molecule has 0 aliphatic heterocycles. The number of fused-ring (bicyclic) bond motifs is 1. The van der Waals surface area contributed by atoms with Crippen molar-refractivity contribution in [3.05, 3.63) is 52.2 Å². The molecule has 0 aliphatic rings. The van der Waals surface area contributed by atoms with Crippen molar-refractivity contribution in [3.8, 4) is 17.2 Å². The Morgan fingerprint density at radius 3 is 2.40 bits per heavy atom. The number of nitrogens with one attached hydrogen (secondary N) is 2. The second-order valence-corrected chi connectivity index (χ2v) is 5.99. The molecule has 25 heavy (non-hydrogen) atoms. The van der Waals surface area contributed by atoms with Gasteiger partial charge in [0.2, 0.25) is 0 Å². The molecule has 0 aliphatic carbocycles. The van der Waals surface area contributed by atoms with Gasteiger partial charge in [0.1, 0.15) is 11.2 Å². The molecule has 0 saturated heterocycles. The highest BCUT2D eigenvalue weighted by Crippen LogP contribution is 2.29. The molecule has 0 unspecified atom stereocenters. The molecular formula is C18H19N3O3S. The van der Waals surface area contributed by atoms with E-state index in [9.17, 15) is 5.11 Å². The number of methoxy groups -OCH3 is 2. The number of hydrogen-bond acceptors (Lipinski definition) is 5. The van der Waals surface area contributed by atoms with Crippen molar-refractivity contribution in [2.75, 3.05) is 14.2 Å². The molecule has 0 fully saturated rings. The van der Waals surface area contributed by atoms with Gasteiger partial charge in [0.05, 0.1) is 19.7 Å². The molecule has 3 N–H and O–H groups in total. The molecule has 1 heterocycles. The summed E-state index contributed by atoms with van der Waals surface area (Å²) in [7, 11) is 3.14. The standard InChI is InChI=1S/C18H19N3O3S/c1-23-15-9-13-14(10-16(15)24-2)20-18(25)21(17(13)19)8-7-11-3-5-12(22)6-4-11/h3-6,9-10,19,22H,7-8H2,1-2H3,(H,20,25). The molecule has 3 rings (SSSR count). The molecule has 0 saturated carbocycles. The molecule has 130 valence electrons. The lowest BCUT2D eigenvalue weighted by Crippen LogP contribution is -2.23. The van der Waals surface area contributed by atoms with E-state index in [1.54, 1.807) is 43.1 Å². The Morgan fingerprint density at radius 2 is 1.76 bits per heavy atom. The number of ether oxygens (including phenoxy) is 2. The molecule has 3 aromatic rings. The summed E-state index contributed by atoms with van der Waals surface area (Å²) in [6.45, 7) is 0.559. The minimum Gasteiger partial charge on any atom is -0.508 e. The van der Waals surface area contributed by atoms with Crippen LogP contribution in [0.25, 0.3) is 10.9 Å². The number of benzene rings is 2. The first kappa shape index (κ1) is 17.0. The van der Waals surface area contributed by atoms with Crippen LogP contribution < -0.4 is 15.0 Å². The SMILES string of the molecule is COc1cc2[nH]c(=S)n(CCc3ccc(O)cc3)c(=N)c2cc1OC. The van der Waals surface area contributed by atoms with Crippen molar-refractivity contribution in [2.24, 2.45) is 0 Å². The Morgan fingerprint density at radius 1 is 1.12 bits per heavy atom. The van der Waals surface area contributed by atoms with Crippen molar-refractivity contribution in [1.82, 2.24) is 9.55 Å². The van der Waals surface area contributed by atoms with Gasteiger partial charge in [-0.3, -0.25) is 5.41 Å². The van der Waals surface area contributed by atoms with Gasteiger partial charge in [-0.2, -0.15) is 0 Å². The average Bonchev–Trinajstić information content (AvgIpc) is 2.62. The number of aromatic hydroxyl groups is 1. The molecular weight excluding hydrogens is 338 g/mol. The monoisotopic (exact) mass is 357 g/mol. The highest BCUT2D eigenvalue weighted by Gasteiger charge is 2.10. The minimum atomic E-state index is 0.238. The first-order chi connectivity index (χ1) is 12.0. The van der Waals surface area contributed by atoms with Crippen LogP contribution in [0.15, 0.2) is 36.4 Å². The third-order valence-corrected chi connectivity index (χ3v) is 4.42. The Kier molecular flexibility index (Phi) is 4.76. The first-order valence-electron chi connectivity index (χ1n) is 7.75. The number of phenols is 1. The molecule has 0 radical (unpaired) electrons. The quantitative estimate of drug-likeness (QED) is 0.613. The van der Waals surface area contributed by atoms with Crippen LogP contribution in [0.4, 0.5) is 0 Å². The Balaban J connectivity index is 2.02. The lowest BCUT2D eigenvalue weighted by Gasteiger charge is -2.13. The summed E-state index contributed by atoms with van der Waals surface area (Å²) in [5.74, 6) is 1.39. The zero-order valence-corrected chi connectivity index (χ0v) is 14.8. The average molecular weight is 357 g/mol. The smallest absolute Gasteiger partial charge is 0.179 e. The van der Waals surface area contributed by atoms with Gasteiger partial charge in [-0.05, 0) is 42.4 Å². The highest BCUT2D eigenvalue weighted by molar-refractivity contribution is 7.71. The molecule has 1 aromatic heterocycles. The van der Waals surface area contributed by atoms with E-state index >= 15 is 0 Å². The molecule has 6 nitrogen and oxygen atoms in total. The molecule has 2 aromatic carbocycles. The van der Waals surface area contributed by atoms with Gasteiger partial charge >= 0.3 is 0 Å². The zero-order valence-electron chi connectivity index (χ0n) is 14.0. The highest BCUT2D eigenvalue weighted by atomic mass is 32.1. The van der Waals surface area contributed by atoms with E-state index in [0.717, 1.165) is 11.1 Å². The number of phenolic OH excluding ortho intramolecular Hbond substituents is 1. The van der Waals surface area contributed by atoms with Crippen LogP contribution in [0.1, 0.15) is 5.56 Å². The van der Waals surface area contributed by atoms with Crippen LogP contribution in [0, 0.1) is 10.2 Å². The summed E-state index contributed by atoms with van der Waals surface area (Å²) in [4.78, 5) is 3.15.